The number of halogens is 1. The van der Waals surface area contributed by atoms with Gasteiger partial charge in [0.15, 0.2) is 0 Å². The van der Waals surface area contributed by atoms with Gasteiger partial charge in [-0.2, -0.15) is 0 Å². The third-order valence-corrected chi connectivity index (χ3v) is 3.74. The number of rotatable bonds is 4. The standard InChI is InChI=1S/C10H9ClN2O2.C10H10N2O2/c1-4-15-10(14)7-5-8(12-3)6(2)13-9(7)11;1-4-14-10(13)8-5-9(11-3)7(2)12-6-8/h5H,4H2,1-2H3;5-6H,4H2,1-2H3. The number of esters is 2. The summed E-state index contributed by atoms with van der Waals surface area (Å²) in [6.45, 7) is 21.1. The summed E-state index contributed by atoms with van der Waals surface area (Å²) in [5, 5.41) is 0.0679. The minimum atomic E-state index is -0.556. The minimum Gasteiger partial charge on any atom is -0.462 e. The molecule has 0 aliphatic carbocycles. The number of hydrogen-bond acceptors (Lipinski definition) is 6. The van der Waals surface area contributed by atoms with E-state index >= 15 is 0 Å². The van der Waals surface area contributed by atoms with E-state index in [0.717, 1.165) is 0 Å². The second kappa shape index (κ2) is 11.4. The van der Waals surface area contributed by atoms with Gasteiger partial charge >= 0.3 is 11.9 Å². The number of ether oxygens (including phenoxy) is 2. The van der Waals surface area contributed by atoms with Crippen LogP contribution >= 0.6 is 11.6 Å². The summed E-state index contributed by atoms with van der Waals surface area (Å²) >= 11 is 5.77. The monoisotopic (exact) mass is 414 g/mol. The van der Waals surface area contributed by atoms with Crippen molar-refractivity contribution in [2.24, 2.45) is 0 Å². The van der Waals surface area contributed by atoms with Gasteiger partial charge in [-0.05, 0) is 39.8 Å². The molecule has 0 amide bonds. The maximum atomic E-state index is 11.4. The van der Waals surface area contributed by atoms with E-state index in [9.17, 15) is 9.59 Å². The van der Waals surface area contributed by atoms with Gasteiger partial charge in [0.05, 0.1) is 37.5 Å². The van der Waals surface area contributed by atoms with Gasteiger partial charge in [0, 0.05) is 17.6 Å². The Balaban J connectivity index is 0.000000291. The van der Waals surface area contributed by atoms with Crippen molar-refractivity contribution in [2.45, 2.75) is 27.7 Å². The third-order valence-electron chi connectivity index (χ3n) is 3.45. The lowest BCUT2D eigenvalue weighted by molar-refractivity contribution is 0.0516. The molecule has 0 aliphatic rings. The van der Waals surface area contributed by atoms with Gasteiger partial charge in [-0.25, -0.2) is 19.3 Å². The highest BCUT2D eigenvalue weighted by atomic mass is 35.5. The highest BCUT2D eigenvalue weighted by Crippen LogP contribution is 2.24. The Morgan fingerprint density at radius 2 is 1.55 bits per heavy atom. The molecule has 9 heteroatoms. The maximum Gasteiger partial charge on any atom is 0.339 e. The summed E-state index contributed by atoms with van der Waals surface area (Å²) in [5.74, 6) is -0.996. The molecule has 0 unspecified atom stereocenters. The van der Waals surface area contributed by atoms with Crippen molar-refractivity contribution < 1.29 is 19.1 Å². The molecule has 0 aliphatic heterocycles. The van der Waals surface area contributed by atoms with Gasteiger partial charge in [-0.15, -0.1) is 0 Å². The molecule has 0 bridgehead atoms. The summed E-state index contributed by atoms with van der Waals surface area (Å²) in [6, 6.07) is 2.89. The predicted molar refractivity (Wildman–Crippen MR) is 107 cm³/mol. The van der Waals surface area contributed by atoms with Crippen LogP contribution in [0.2, 0.25) is 5.15 Å². The molecule has 8 nitrogen and oxygen atoms in total. The molecule has 0 N–H and O–H groups in total. The fourth-order valence-electron chi connectivity index (χ4n) is 1.99. The number of aryl methyl sites for hydroxylation is 2. The van der Waals surface area contributed by atoms with Crippen LogP contribution < -0.4 is 0 Å². The van der Waals surface area contributed by atoms with Crippen molar-refractivity contribution in [3.05, 3.63) is 68.8 Å². The summed E-state index contributed by atoms with van der Waals surface area (Å²) in [7, 11) is 0. The van der Waals surface area contributed by atoms with Gasteiger partial charge in [0.1, 0.15) is 5.15 Å². The average molecular weight is 415 g/mol. The first-order valence-electron chi connectivity index (χ1n) is 8.51. The zero-order chi connectivity index (χ0) is 22.0. The zero-order valence-electron chi connectivity index (χ0n) is 16.4. The van der Waals surface area contributed by atoms with Crippen LogP contribution in [0.3, 0.4) is 0 Å². The van der Waals surface area contributed by atoms with Crippen molar-refractivity contribution in [3.8, 4) is 0 Å². The summed E-state index contributed by atoms with van der Waals surface area (Å²) < 4.78 is 9.57. The van der Waals surface area contributed by atoms with Crippen LogP contribution in [0.5, 0.6) is 0 Å². The summed E-state index contributed by atoms with van der Waals surface area (Å²) in [4.78, 5) is 37.0. The van der Waals surface area contributed by atoms with E-state index in [0.29, 0.717) is 34.9 Å². The van der Waals surface area contributed by atoms with Gasteiger partial charge in [-0.1, -0.05) is 11.6 Å². The van der Waals surface area contributed by atoms with Gasteiger partial charge in [-0.3, -0.25) is 9.97 Å². The maximum absolute atomic E-state index is 11.4. The second-order valence-corrected chi connectivity index (χ2v) is 5.78. The first-order valence-corrected chi connectivity index (χ1v) is 8.89. The lowest BCUT2D eigenvalue weighted by atomic mass is 10.2. The molecule has 0 saturated carbocycles. The number of aromatic nitrogens is 2. The Hall–Kier alpha value is -3.49. The Labute approximate surface area is 174 Å². The SMILES string of the molecule is [C-]#[N+]c1cc(C(=O)OCC)c(Cl)nc1C.[C-]#[N+]c1cc(C(=O)OCC)cnc1C. The Morgan fingerprint density at radius 1 is 1.00 bits per heavy atom. The Bertz CT molecular complexity index is 993. The van der Waals surface area contributed by atoms with E-state index in [-0.39, 0.29) is 17.3 Å². The molecule has 2 heterocycles. The fourth-order valence-corrected chi connectivity index (χ4v) is 2.25. The van der Waals surface area contributed by atoms with Crippen LogP contribution in [0.1, 0.15) is 46.0 Å². The van der Waals surface area contributed by atoms with E-state index < -0.39 is 11.9 Å². The molecule has 0 spiro atoms. The highest BCUT2D eigenvalue weighted by molar-refractivity contribution is 6.32. The van der Waals surface area contributed by atoms with Crippen LogP contribution in [-0.2, 0) is 9.47 Å². The third kappa shape index (κ3) is 6.56. The highest BCUT2D eigenvalue weighted by Gasteiger charge is 2.15. The van der Waals surface area contributed by atoms with Crippen LogP contribution in [0, 0.1) is 27.0 Å². The zero-order valence-corrected chi connectivity index (χ0v) is 17.2. The van der Waals surface area contributed by atoms with Gasteiger partial charge < -0.3 is 9.47 Å². The van der Waals surface area contributed by atoms with Crippen molar-refractivity contribution in [3.63, 3.8) is 0 Å². The molecule has 29 heavy (non-hydrogen) atoms. The number of carbonyl (C=O) groups excluding carboxylic acids is 2. The number of carbonyl (C=O) groups is 2. The van der Waals surface area contributed by atoms with Gasteiger partial charge in [0.2, 0.25) is 11.4 Å². The van der Waals surface area contributed by atoms with E-state index in [1.807, 2.05) is 0 Å². The predicted octanol–water partition coefficient (Wildman–Crippen LogP) is 4.89. The smallest absolute Gasteiger partial charge is 0.339 e. The molecule has 2 aromatic heterocycles. The first-order chi connectivity index (χ1) is 13.8. The molecule has 0 atom stereocenters. The van der Waals surface area contributed by atoms with E-state index in [4.69, 9.17) is 34.2 Å². The van der Waals surface area contributed by atoms with E-state index in [1.165, 1.54) is 18.3 Å². The molecular formula is C20H19ClN4O4. The minimum absolute atomic E-state index is 0.0679. The molecule has 0 saturated heterocycles. The molecular weight excluding hydrogens is 396 g/mol. The normalized spacial score (nSPS) is 9.34. The topological polar surface area (TPSA) is 87.1 Å². The lowest BCUT2D eigenvalue weighted by Crippen LogP contribution is -2.06. The van der Waals surface area contributed by atoms with Crippen LogP contribution in [0.25, 0.3) is 9.69 Å². The van der Waals surface area contributed by atoms with E-state index in [1.54, 1.807) is 27.7 Å². The first kappa shape index (κ1) is 23.5. The summed E-state index contributed by atoms with van der Waals surface area (Å²) in [6.07, 6.45) is 1.42. The largest absolute Gasteiger partial charge is 0.462 e. The van der Waals surface area contributed by atoms with Crippen LogP contribution in [0.15, 0.2) is 18.3 Å². The average Bonchev–Trinajstić information content (AvgIpc) is 2.69. The van der Waals surface area contributed by atoms with Gasteiger partial charge in [0.25, 0.3) is 0 Å². The van der Waals surface area contributed by atoms with Crippen LogP contribution in [-0.4, -0.2) is 35.1 Å². The molecule has 2 aromatic rings. The van der Waals surface area contributed by atoms with Crippen molar-refractivity contribution in [1.82, 2.24) is 9.97 Å². The van der Waals surface area contributed by atoms with Crippen LogP contribution in [0.4, 0.5) is 11.4 Å². The molecule has 150 valence electrons. The van der Waals surface area contributed by atoms with Crippen molar-refractivity contribution in [2.75, 3.05) is 13.2 Å². The summed E-state index contributed by atoms with van der Waals surface area (Å²) in [5.41, 5.74) is 2.27. The molecule has 0 fully saturated rings. The van der Waals surface area contributed by atoms with Crippen molar-refractivity contribution >= 4 is 34.9 Å². The van der Waals surface area contributed by atoms with E-state index in [2.05, 4.69) is 19.7 Å². The molecule has 2 rings (SSSR count). The Kier molecular flexibility index (Phi) is 9.24. The fraction of sp³-hybridized carbons (Fsp3) is 0.300. The second-order valence-electron chi connectivity index (χ2n) is 5.42. The number of nitrogens with zero attached hydrogens (tertiary/aromatic N) is 4. The molecule has 0 aromatic carbocycles. The number of pyridine rings is 2. The molecule has 0 radical (unpaired) electrons. The quantitative estimate of drug-likeness (QED) is 0.402. The number of hydrogen-bond donors (Lipinski definition) is 0. The van der Waals surface area contributed by atoms with Crippen molar-refractivity contribution in [1.29, 1.82) is 0 Å². The Morgan fingerprint density at radius 3 is 2.10 bits per heavy atom. The lowest BCUT2D eigenvalue weighted by Gasteiger charge is -2.05.